The molecule has 3 aliphatic heterocycles. The molecule has 0 amide bonds. The summed E-state index contributed by atoms with van der Waals surface area (Å²) in [6.07, 6.45) is 4.91. The monoisotopic (exact) mass is 285 g/mol. The molecule has 3 aliphatic rings. The van der Waals surface area contributed by atoms with Gasteiger partial charge in [-0.15, -0.1) is 0 Å². The second-order valence-electron chi connectivity index (χ2n) is 6.36. The van der Waals surface area contributed by atoms with Crippen LogP contribution in [-0.4, -0.2) is 57.8 Å². The molecule has 3 fully saturated rings. The summed E-state index contributed by atoms with van der Waals surface area (Å²) >= 11 is 1.97. The third-order valence-corrected chi connectivity index (χ3v) is 6.36. The normalized spacial score (nSPS) is 43.9. The fraction of sp³-hybridized carbons (Fsp3) is 0.929. The number of hydrogen-bond donors (Lipinski definition) is 1. The van der Waals surface area contributed by atoms with Crippen LogP contribution < -0.4 is 0 Å². The average molecular weight is 285 g/mol. The minimum atomic E-state index is -0.661. The van der Waals surface area contributed by atoms with Crippen molar-refractivity contribution in [3.63, 3.8) is 0 Å². The van der Waals surface area contributed by atoms with Gasteiger partial charge in [-0.05, 0) is 51.3 Å². The lowest BCUT2D eigenvalue weighted by molar-refractivity contribution is -0.154. The van der Waals surface area contributed by atoms with Gasteiger partial charge in [0.2, 0.25) is 0 Å². The minimum Gasteiger partial charge on any atom is -0.480 e. The quantitative estimate of drug-likeness (QED) is 0.841. The van der Waals surface area contributed by atoms with Crippen LogP contribution in [0.15, 0.2) is 0 Å². The predicted molar refractivity (Wildman–Crippen MR) is 75.6 cm³/mol. The Labute approximate surface area is 118 Å². The van der Waals surface area contributed by atoms with E-state index in [1.165, 1.54) is 5.75 Å². The average Bonchev–Trinajstić information content (AvgIpc) is 2.98. The molecular formula is C14H23NO3S. The van der Waals surface area contributed by atoms with Crippen LogP contribution in [0.1, 0.15) is 39.0 Å². The van der Waals surface area contributed by atoms with Gasteiger partial charge in [0, 0.05) is 18.4 Å². The van der Waals surface area contributed by atoms with Gasteiger partial charge < -0.3 is 9.84 Å². The second kappa shape index (κ2) is 4.93. The standard InChI is InChI=1S/C14H23NO3S/c1-13(12(16)17)4-2-6-15(13)11-3-7-18-14(9-11)5-8-19-10-14/h11H,2-10H2,1H3,(H,16,17). The molecule has 108 valence electrons. The van der Waals surface area contributed by atoms with Crippen LogP contribution in [-0.2, 0) is 9.53 Å². The fourth-order valence-electron chi connectivity index (χ4n) is 3.93. The summed E-state index contributed by atoms with van der Waals surface area (Å²) in [6, 6.07) is 0.385. The molecule has 0 saturated carbocycles. The molecule has 3 heterocycles. The smallest absolute Gasteiger partial charge is 0.323 e. The highest BCUT2D eigenvalue weighted by atomic mass is 32.2. The van der Waals surface area contributed by atoms with Gasteiger partial charge in [-0.25, -0.2) is 0 Å². The molecule has 0 aliphatic carbocycles. The Bertz CT molecular complexity index is 370. The number of hydrogen-bond acceptors (Lipinski definition) is 4. The Balaban J connectivity index is 1.76. The largest absolute Gasteiger partial charge is 0.480 e. The molecule has 0 aromatic rings. The van der Waals surface area contributed by atoms with Crippen molar-refractivity contribution in [3.05, 3.63) is 0 Å². The highest BCUT2D eigenvalue weighted by molar-refractivity contribution is 7.99. The van der Waals surface area contributed by atoms with E-state index in [-0.39, 0.29) is 5.60 Å². The number of ether oxygens (including phenoxy) is 1. The summed E-state index contributed by atoms with van der Waals surface area (Å²) in [5, 5.41) is 9.55. The van der Waals surface area contributed by atoms with Crippen molar-refractivity contribution in [2.45, 2.75) is 56.2 Å². The molecule has 1 N–H and O–H groups in total. The van der Waals surface area contributed by atoms with Crippen LogP contribution in [0, 0.1) is 0 Å². The lowest BCUT2D eigenvalue weighted by Crippen LogP contribution is -2.57. The summed E-state index contributed by atoms with van der Waals surface area (Å²) in [5.74, 6) is 1.61. The van der Waals surface area contributed by atoms with Gasteiger partial charge in [0.25, 0.3) is 0 Å². The number of likely N-dealkylation sites (tertiary alicyclic amines) is 1. The van der Waals surface area contributed by atoms with E-state index in [0.29, 0.717) is 6.04 Å². The van der Waals surface area contributed by atoms with E-state index in [2.05, 4.69) is 4.90 Å². The third kappa shape index (κ3) is 2.30. The van der Waals surface area contributed by atoms with Crippen molar-refractivity contribution in [2.75, 3.05) is 24.7 Å². The van der Waals surface area contributed by atoms with Crippen LogP contribution in [0.4, 0.5) is 0 Å². The van der Waals surface area contributed by atoms with Crippen molar-refractivity contribution in [1.82, 2.24) is 4.90 Å². The van der Waals surface area contributed by atoms with Crippen LogP contribution in [0.5, 0.6) is 0 Å². The highest BCUT2D eigenvalue weighted by Crippen LogP contribution is 2.42. The van der Waals surface area contributed by atoms with Gasteiger partial charge in [0.1, 0.15) is 5.54 Å². The number of rotatable bonds is 2. The molecule has 19 heavy (non-hydrogen) atoms. The Morgan fingerprint density at radius 3 is 3.00 bits per heavy atom. The number of thioether (sulfide) groups is 1. The lowest BCUT2D eigenvalue weighted by Gasteiger charge is -2.45. The first kappa shape index (κ1) is 13.7. The van der Waals surface area contributed by atoms with Gasteiger partial charge >= 0.3 is 5.97 Å². The molecular weight excluding hydrogens is 262 g/mol. The van der Waals surface area contributed by atoms with E-state index in [4.69, 9.17) is 4.74 Å². The number of carboxylic acid groups (broad SMARTS) is 1. The van der Waals surface area contributed by atoms with Crippen molar-refractivity contribution < 1.29 is 14.6 Å². The number of aliphatic carboxylic acids is 1. The maximum Gasteiger partial charge on any atom is 0.323 e. The molecule has 4 nitrogen and oxygen atoms in total. The molecule has 3 unspecified atom stereocenters. The van der Waals surface area contributed by atoms with Gasteiger partial charge in [0.15, 0.2) is 0 Å². The summed E-state index contributed by atoms with van der Waals surface area (Å²) in [4.78, 5) is 13.9. The van der Waals surface area contributed by atoms with Gasteiger partial charge in [-0.3, -0.25) is 9.69 Å². The summed E-state index contributed by atoms with van der Waals surface area (Å²) in [5.41, 5.74) is -0.621. The number of carbonyl (C=O) groups is 1. The first-order chi connectivity index (χ1) is 9.06. The minimum absolute atomic E-state index is 0.0373. The van der Waals surface area contributed by atoms with Crippen LogP contribution in [0.25, 0.3) is 0 Å². The zero-order valence-electron chi connectivity index (χ0n) is 11.6. The summed E-state index contributed by atoms with van der Waals surface area (Å²) in [6.45, 7) is 3.61. The molecule has 0 aromatic heterocycles. The maximum absolute atomic E-state index is 11.6. The molecule has 0 bridgehead atoms. The van der Waals surface area contributed by atoms with E-state index in [1.54, 1.807) is 0 Å². The molecule has 0 aromatic carbocycles. The lowest BCUT2D eigenvalue weighted by atomic mass is 9.87. The van der Waals surface area contributed by atoms with E-state index in [9.17, 15) is 9.90 Å². The zero-order valence-corrected chi connectivity index (χ0v) is 12.4. The molecule has 3 atom stereocenters. The summed E-state index contributed by atoms with van der Waals surface area (Å²) < 4.78 is 6.05. The summed E-state index contributed by atoms with van der Waals surface area (Å²) in [7, 11) is 0. The topological polar surface area (TPSA) is 49.8 Å². The Morgan fingerprint density at radius 1 is 1.47 bits per heavy atom. The van der Waals surface area contributed by atoms with E-state index in [1.807, 2.05) is 18.7 Å². The fourth-order valence-corrected chi connectivity index (χ4v) is 5.31. The Morgan fingerprint density at radius 2 is 2.32 bits per heavy atom. The molecule has 1 spiro atoms. The predicted octanol–water partition coefficient (Wildman–Crippen LogP) is 1.98. The number of carboxylic acids is 1. The zero-order chi connectivity index (χ0) is 13.5. The van der Waals surface area contributed by atoms with Crippen molar-refractivity contribution in [3.8, 4) is 0 Å². The van der Waals surface area contributed by atoms with Crippen molar-refractivity contribution in [2.24, 2.45) is 0 Å². The SMILES string of the molecule is CC1(C(=O)O)CCCN1C1CCOC2(CCSC2)C1. The molecule has 0 radical (unpaired) electrons. The van der Waals surface area contributed by atoms with E-state index >= 15 is 0 Å². The van der Waals surface area contributed by atoms with E-state index < -0.39 is 11.5 Å². The first-order valence-corrected chi connectivity index (χ1v) is 8.43. The van der Waals surface area contributed by atoms with Gasteiger partial charge in [-0.1, -0.05) is 0 Å². The van der Waals surface area contributed by atoms with Gasteiger partial charge in [-0.2, -0.15) is 11.8 Å². The first-order valence-electron chi connectivity index (χ1n) is 7.28. The van der Waals surface area contributed by atoms with Crippen molar-refractivity contribution >= 4 is 17.7 Å². The molecule has 3 rings (SSSR count). The van der Waals surface area contributed by atoms with Gasteiger partial charge in [0.05, 0.1) is 5.60 Å². The molecule has 3 saturated heterocycles. The Hall–Kier alpha value is -0.260. The maximum atomic E-state index is 11.6. The highest BCUT2D eigenvalue weighted by Gasteiger charge is 2.50. The van der Waals surface area contributed by atoms with E-state index in [0.717, 1.165) is 51.0 Å². The second-order valence-corrected chi connectivity index (χ2v) is 7.46. The Kier molecular flexibility index (Phi) is 3.56. The van der Waals surface area contributed by atoms with Crippen LogP contribution in [0.2, 0.25) is 0 Å². The van der Waals surface area contributed by atoms with Crippen LogP contribution in [0.3, 0.4) is 0 Å². The number of nitrogens with zero attached hydrogens (tertiary/aromatic N) is 1. The third-order valence-electron chi connectivity index (χ3n) is 5.13. The molecule has 5 heteroatoms. The van der Waals surface area contributed by atoms with Crippen molar-refractivity contribution in [1.29, 1.82) is 0 Å². The van der Waals surface area contributed by atoms with Crippen LogP contribution >= 0.6 is 11.8 Å².